The lowest BCUT2D eigenvalue weighted by Crippen LogP contribution is -2.50. The first-order chi connectivity index (χ1) is 8.08. The van der Waals surface area contributed by atoms with Gasteiger partial charge in [0.05, 0.1) is 18.3 Å². The maximum atomic E-state index is 11.8. The summed E-state index contributed by atoms with van der Waals surface area (Å²) in [5.41, 5.74) is 0. The summed E-state index contributed by atoms with van der Waals surface area (Å²) in [6, 6.07) is 3.57. The van der Waals surface area contributed by atoms with Crippen molar-refractivity contribution >= 4 is 5.91 Å². The zero-order valence-electron chi connectivity index (χ0n) is 10.2. The standard InChI is InChI=1S/C12H17NO4/c1-7(2)16-12-13-11(14)8(3)10(17-12)9-5-4-6-15-9/h4-8,10,12H,1-3H3,(H,13,14)/t8-,10-,12+/m0/s1. The minimum absolute atomic E-state index is 0.0223. The van der Waals surface area contributed by atoms with Crippen LogP contribution in [0.3, 0.4) is 0 Å². The molecule has 1 fully saturated rings. The van der Waals surface area contributed by atoms with Crippen LogP contribution in [0, 0.1) is 5.92 Å². The molecule has 0 bridgehead atoms. The van der Waals surface area contributed by atoms with Gasteiger partial charge in [-0.15, -0.1) is 0 Å². The second-order valence-corrected chi connectivity index (χ2v) is 4.39. The highest BCUT2D eigenvalue weighted by Gasteiger charge is 2.37. The fourth-order valence-corrected chi connectivity index (χ4v) is 1.75. The Morgan fingerprint density at radius 3 is 2.82 bits per heavy atom. The molecule has 17 heavy (non-hydrogen) atoms. The van der Waals surface area contributed by atoms with Crippen LogP contribution in [-0.4, -0.2) is 18.4 Å². The van der Waals surface area contributed by atoms with Gasteiger partial charge in [0, 0.05) is 0 Å². The third-order valence-electron chi connectivity index (χ3n) is 2.62. The molecular formula is C12H17NO4. The van der Waals surface area contributed by atoms with E-state index in [0.717, 1.165) is 0 Å². The van der Waals surface area contributed by atoms with Crippen molar-refractivity contribution in [2.24, 2.45) is 5.92 Å². The summed E-state index contributed by atoms with van der Waals surface area (Å²) in [5, 5.41) is 2.66. The molecule has 0 spiro atoms. The number of amides is 1. The van der Waals surface area contributed by atoms with Gasteiger partial charge < -0.3 is 19.2 Å². The molecule has 1 N–H and O–H groups in total. The van der Waals surface area contributed by atoms with Crippen LogP contribution < -0.4 is 5.32 Å². The Morgan fingerprint density at radius 2 is 2.24 bits per heavy atom. The van der Waals surface area contributed by atoms with Gasteiger partial charge in [-0.1, -0.05) is 6.92 Å². The fourth-order valence-electron chi connectivity index (χ4n) is 1.75. The molecule has 1 aromatic heterocycles. The number of carbonyl (C=O) groups is 1. The molecule has 0 aliphatic carbocycles. The average molecular weight is 239 g/mol. The molecule has 5 nitrogen and oxygen atoms in total. The Kier molecular flexibility index (Phi) is 3.49. The molecule has 2 rings (SSSR count). The summed E-state index contributed by atoms with van der Waals surface area (Å²) >= 11 is 0. The van der Waals surface area contributed by atoms with E-state index < -0.39 is 12.5 Å². The number of nitrogens with one attached hydrogen (secondary N) is 1. The summed E-state index contributed by atoms with van der Waals surface area (Å²) in [6.07, 6.45) is 0.429. The zero-order chi connectivity index (χ0) is 12.4. The monoisotopic (exact) mass is 239 g/mol. The molecular weight excluding hydrogens is 222 g/mol. The van der Waals surface area contributed by atoms with E-state index in [0.29, 0.717) is 5.76 Å². The Bertz CT molecular complexity index is 374. The lowest BCUT2D eigenvalue weighted by Gasteiger charge is -2.34. The first-order valence-corrected chi connectivity index (χ1v) is 5.72. The largest absolute Gasteiger partial charge is 0.467 e. The molecule has 1 saturated heterocycles. The lowest BCUT2D eigenvalue weighted by atomic mass is 10.0. The Hall–Kier alpha value is -1.33. The molecule has 1 aliphatic heterocycles. The minimum atomic E-state index is -0.714. The third-order valence-corrected chi connectivity index (χ3v) is 2.62. The maximum absolute atomic E-state index is 11.8. The van der Waals surface area contributed by atoms with Gasteiger partial charge in [-0.05, 0) is 26.0 Å². The predicted molar refractivity (Wildman–Crippen MR) is 59.8 cm³/mol. The fraction of sp³-hybridized carbons (Fsp3) is 0.583. The molecule has 5 heteroatoms. The molecule has 0 saturated carbocycles. The van der Waals surface area contributed by atoms with E-state index in [2.05, 4.69) is 5.32 Å². The van der Waals surface area contributed by atoms with Crippen LogP contribution in [0.1, 0.15) is 32.6 Å². The van der Waals surface area contributed by atoms with Crippen molar-refractivity contribution in [3.63, 3.8) is 0 Å². The minimum Gasteiger partial charge on any atom is -0.467 e. The van der Waals surface area contributed by atoms with Gasteiger partial charge in [0.25, 0.3) is 0 Å². The van der Waals surface area contributed by atoms with Crippen molar-refractivity contribution in [2.45, 2.75) is 39.4 Å². The molecule has 1 amide bonds. The first-order valence-electron chi connectivity index (χ1n) is 5.72. The van der Waals surface area contributed by atoms with E-state index in [1.54, 1.807) is 25.3 Å². The predicted octanol–water partition coefficient (Wildman–Crippen LogP) is 1.81. The number of hydrogen-bond donors (Lipinski definition) is 1. The Morgan fingerprint density at radius 1 is 1.47 bits per heavy atom. The highest BCUT2D eigenvalue weighted by atomic mass is 16.7. The van der Waals surface area contributed by atoms with E-state index in [1.165, 1.54) is 0 Å². The van der Waals surface area contributed by atoms with Crippen LogP contribution in [0.15, 0.2) is 22.8 Å². The summed E-state index contributed by atoms with van der Waals surface area (Å²) in [4.78, 5) is 11.8. The van der Waals surface area contributed by atoms with Crippen LogP contribution in [0.4, 0.5) is 0 Å². The molecule has 1 aromatic rings. The number of ether oxygens (including phenoxy) is 2. The highest BCUT2D eigenvalue weighted by molar-refractivity contribution is 5.79. The normalized spacial score (nSPS) is 29.4. The number of furan rings is 1. The summed E-state index contributed by atoms with van der Waals surface area (Å²) in [5.74, 6) is 0.251. The molecule has 1 aliphatic rings. The molecule has 0 unspecified atom stereocenters. The van der Waals surface area contributed by atoms with Gasteiger partial charge >= 0.3 is 0 Å². The number of carbonyl (C=O) groups excluding carboxylic acids is 1. The highest BCUT2D eigenvalue weighted by Crippen LogP contribution is 2.31. The van der Waals surface area contributed by atoms with Gasteiger partial charge in [0.2, 0.25) is 12.3 Å². The average Bonchev–Trinajstić information content (AvgIpc) is 2.75. The molecule has 0 radical (unpaired) electrons. The van der Waals surface area contributed by atoms with E-state index in [9.17, 15) is 4.79 Å². The second kappa shape index (κ2) is 4.89. The van der Waals surface area contributed by atoms with Gasteiger partial charge in [-0.2, -0.15) is 0 Å². The topological polar surface area (TPSA) is 60.7 Å². The number of hydrogen-bond acceptors (Lipinski definition) is 4. The van der Waals surface area contributed by atoms with E-state index in [4.69, 9.17) is 13.9 Å². The van der Waals surface area contributed by atoms with Crippen molar-refractivity contribution in [2.75, 3.05) is 0 Å². The van der Waals surface area contributed by atoms with Crippen LogP contribution in [-0.2, 0) is 14.3 Å². The lowest BCUT2D eigenvalue weighted by molar-refractivity contribution is -0.235. The zero-order valence-corrected chi connectivity index (χ0v) is 10.2. The third kappa shape index (κ3) is 2.68. The van der Waals surface area contributed by atoms with E-state index in [1.807, 2.05) is 13.8 Å². The maximum Gasteiger partial charge on any atom is 0.241 e. The van der Waals surface area contributed by atoms with Crippen molar-refractivity contribution < 1.29 is 18.7 Å². The number of rotatable bonds is 3. The van der Waals surface area contributed by atoms with Gasteiger partial charge in [0.1, 0.15) is 11.9 Å². The van der Waals surface area contributed by atoms with Gasteiger partial charge in [-0.3, -0.25) is 4.79 Å². The molecule has 0 aromatic carbocycles. The van der Waals surface area contributed by atoms with Crippen molar-refractivity contribution in [1.82, 2.24) is 5.32 Å². The van der Waals surface area contributed by atoms with E-state index in [-0.39, 0.29) is 17.9 Å². The molecule has 2 heterocycles. The van der Waals surface area contributed by atoms with E-state index >= 15 is 0 Å². The first kappa shape index (κ1) is 12.1. The van der Waals surface area contributed by atoms with Gasteiger partial charge in [0.15, 0.2) is 0 Å². The quantitative estimate of drug-likeness (QED) is 0.873. The summed E-state index contributed by atoms with van der Waals surface area (Å²) < 4.78 is 16.4. The Balaban J connectivity index is 2.11. The van der Waals surface area contributed by atoms with Crippen LogP contribution in [0.2, 0.25) is 0 Å². The van der Waals surface area contributed by atoms with Crippen LogP contribution >= 0.6 is 0 Å². The summed E-state index contributed by atoms with van der Waals surface area (Å²) in [6.45, 7) is 5.57. The smallest absolute Gasteiger partial charge is 0.241 e. The van der Waals surface area contributed by atoms with Gasteiger partial charge in [-0.25, -0.2) is 0 Å². The Labute approximate surface area is 100 Å². The second-order valence-electron chi connectivity index (χ2n) is 4.39. The molecule has 94 valence electrons. The van der Waals surface area contributed by atoms with Crippen molar-refractivity contribution in [3.8, 4) is 0 Å². The van der Waals surface area contributed by atoms with Crippen molar-refractivity contribution in [1.29, 1.82) is 0 Å². The summed E-state index contributed by atoms with van der Waals surface area (Å²) in [7, 11) is 0. The van der Waals surface area contributed by atoms with Crippen LogP contribution in [0.5, 0.6) is 0 Å². The van der Waals surface area contributed by atoms with Crippen LogP contribution in [0.25, 0.3) is 0 Å². The SMILES string of the molecule is CC(C)O[C@H]1NC(=O)[C@@H](C)[C@@H](c2ccco2)O1. The molecule has 3 atom stereocenters. The van der Waals surface area contributed by atoms with Crippen molar-refractivity contribution in [3.05, 3.63) is 24.2 Å².